The van der Waals surface area contributed by atoms with Crippen molar-refractivity contribution in [2.45, 2.75) is 32.0 Å². The van der Waals surface area contributed by atoms with Gasteiger partial charge in [0.2, 0.25) is 0 Å². The molecule has 0 radical (unpaired) electrons. The summed E-state index contributed by atoms with van der Waals surface area (Å²) >= 11 is 0. The lowest BCUT2D eigenvalue weighted by molar-refractivity contribution is -0.385. The molecular formula is C13H16N2O4. The minimum absolute atomic E-state index is 0.0776. The molecule has 6 heteroatoms. The fourth-order valence-electron chi connectivity index (χ4n) is 2.30. The van der Waals surface area contributed by atoms with Crippen LogP contribution in [0.1, 0.15) is 18.9 Å². The summed E-state index contributed by atoms with van der Waals surface area (Å²) in [5.41, 5.74) is 0.677. The van der Waals surface area contributed by atoms with Crippen LogP contribution in [0, 0.1) is 10.1 Å². The molecule has 6 nitrogen and oxygen atoms in total. The predicted octanol–water partition coefficient (Wildman–Crippen LogP) is 1.73. The van der Waals surface area contributed by atoms with E-state index in [4.69, 9.17) is 4.74 Å². The van der Waals surface area contributed by atoms with Crippen LogP contribution < -0.4 is 0 Å². The van der Waals surface area contributed by atoms with Gasteiger partial charge in [-0.2, -0.15) is 0 Å². The molecule has 1 saturated heterocycles. The van der Waals surface area contributed by atoms with Gasteiger partial charge in [-0.15, -0.1) is 0 Å². The number of hydrogen-bond acceptors (Lipinski definition) is 5. The molecule has 0 N–H and O–H groups in total. The highest BCUT2D eigenvalue weighted by molar-refractivity contribution is 5.77. The highest BCUT2D eigenvalue weighted by Gasteiger charge is 2.35. The largest absolute Gasteiger partial charge is 0.461 e. The van der Waals surface area contributed by atoms with Crippen LogP contribution in [0.5, 0.6) is 0 Å². The van der Waals surface area contributed by atoms with Crippen molar-refractivity contribution < 1.29 is 14.5 Å². The van der Waals surface area contributed by atoms with Crippen molar-refractivity contribution in [2.75, 3.05) is 7.05 Å². The predicted molar refractivity (Wildman–Crippen MR) is 68.5 cm³/mol. The third-order valence-electron chi connectivity index (χ3n) is 3.28. The third-order valence-corrected chi connectivity index (χ3v) is 3.28. The number of hydrogen-bond donors (Lipinski definition) is 0. The first kappa shape index (κ1) is 13.5. The molecule has 102 valence electrons. The lowest BCUT2D eigenvalue weighted by atomic mass is 10.1. The Morgan fingerprint density at radius 3 is 2.74 bits per heavy atom. The average molecular weight is 264 g/mol. The van der Waals surface area contributed by atoms with E-state index in [1.54, 1.807) is 30.1 Å². The Morgan fingerprint density at radius 2 is 2.16 bits per heavy atom. The first-order chi connectivity index (χ1) is 8.99. The van der Waals surface area contributed by atoms with Gasteiger partial charge in [0.05, 0.1) is 4.92 Å². The number of benzene rings is 1. The van der Waals surface area contributed by atoms with Crippen molar-refractivity contribution in [1.29, 1.82) is 0 Å². The van der Waals surface area contributed by atoms with Gasteiger partial charge in [-0.25, -0.2) is 0 Å². The van der Waals surface area contributed by atoms with E-state index in [0.717, 1.165) is 0 Å². The van der Waals surface area contributed by atoms with Crippen LogP contribution in [0.25, 0.3) is 0 Å². The summed E-state index contributed by atoms with van der Waals surface area (Å²) < 4.78 is 5.10. The molecule has 0 spiro atoms. The van der Waals surface area contributed by atoms with Gasteiger partial charge in [0.25, 0.3) is 5.69 Å². The van der Waals surface area contributed by atoms with Gasteiger partial charge >= 0.3 is 5.97 Å². The Morgan fingerprint density at radius 1 is 1.47 bits per heavy atom. The number of carbonyl (C=O) groups is 1. The normalized spacial score (nSPS) is 22.6. The molecular weight excluding hydrogens is 248 g/mol. The molecule has 0 unspecified atom stereocenters. The van der Waals surface area contributed by atoms with Crippen LogP contribution in [0.2, 0.25) is 0 Å². The molecule has 0 aliphatic carbocycles. The number of nitrogens with zero attached hydrogens (tertiary/aromatic N) is 2. The van der Waals surface area contributed by atoms with Gasteiger partial charge in [0, 0.05) is 24.6 Å². The number of rotatable bonds is 4. The van der Waals surface area contributed by atoms with E-state index in [1.165, 1.54) is 6.07 Å². The monoisotopic (exact) mass is 264 g/mol. The summed E-state index contributed by atoms with van der Waals surface area (Å²) in [4.78, 5) is 24.0. The fraction of sp³-hybridized carbons (Fsp3) is 0.462. The summed E-state index contributed by atoms with van der Waals surface area (Å²) in [6, 6.07) is 6.24. The molecule has 19 heavy (non-hydrogen) atoms. The van der Waals surface area contributed by atoms with Crippen LogP contribution in [-0.2, 0) is 16.1 Å². The Kier molecular flexibility index (Phi) is 3.80. The van der Waals surface area contributed by atoms with Gasteiger partial charge in [-0.05, 0) is 14.0 Å². The maximum Gasteiger partial charge on any atom is 0.323 e. The number of likely N-dealkylation sites (N-methyl/N-ethyl adjacent to an activating group) is 1. The number of para-hydroxylation sites is 1. The molecule has 0 amide bonds. The van der Waals surface area contributed by atoms with Crippen molar-refractivity contribution in [3.8, 4) is 0 Å². The Labute approximate surface area is 111 Å². The van der Waals surface area contributed by atoms with Gasteiger partial charge in [0.1, 0.15) is 12.1 Å². The molecule has 2 atom stereocenters. The standard InChI is InChI=1S/C13H16N2O4/c1-9-7-12(13(16)19-9)14(2)8-10-5-3-4-6-11(10)15(17)18/h3-6,9,12H,7-8H2,1-2H3/t9-,12-/m1/s1. The van der Waals surface area contributed by atoms with E-state index in [2.05, 4.69) is 0 Å². The zero-order valence-corrected chi connectivity index (χ0v) is 10.9. The molecule has 1 fully saturated rings. The van der Waals surface area contributed by atoms with Gasteiger partial charge in [0.15, 0.2) is 0 Å². The topological polar surface area (TPSA) is 72.7 Å². The Hall–Kier alpha value is -1.95. The van der Waals surface area contributed by atoms with Crippen molar-refractivity contribution in [3.63, 3.8) is 0 Å². The van der Waals surface area contributed by atoms with Gasteiger partial charge in [-0.1, -0.05) is 18.2 Å². The minimum atomic E-state index is -0.404. The quantitative estimate of drug-likeness (QED) is 0.470. The number of cyclic esters (lactones) is 1. The smallest absolute Gasteiger partial charge is 0.323 e. The van der Waals surface area contributed by atoms with Gasteiger partial charge in [-0.3, -0.25) is 19.8 Å². The van der Waals surface area contributed by atoms with Crippen LogP contribution in [0.4, 0.5) is 5.69 Å². The number of ether oxygens (including phenoxy) is 1. The number of nitro benzene ring substituents is 1. The third kappa shape index (κ3) is 2.90. The molecule has 0 saturated carbocycles. The molecule has 0 bridgehead atoms. The maximum absolute atomic E-state index is 11.6. The fourth-order valence-corrected chi connectivity index (χ4v) is 2.30. The van der Waals surface area contributed by atoms with E-state index < -0.39 is 4.92 Å². The molecule has 1 heterocycles. The van der Waals surface area contributed by atoms with Crippen LogP contribution >= 0.6 is 0 Å². The first-order valence-corrected chi connectivity index (χ1v) is 6.12. The SMILES string of the molecule is C[C@@H]1C[C@@H](N(C)Cc2ccccc2[N+](=O)[O-])C(=O)O1. The Balaban J connectivity index is 2.13. The summed E-state index contributed by atoms with van der Waals surface area (Å²) in [6.45, 7) is 2.19. The van der Waals surface area contributed by atoms with E-state index in [9.17, 15) is 14.9 Å². The number of nitro groups is 1. The van der Waals surface area contributed by atoms with Crippen molar-refractivity contribution in [2.24, 2.45) is 0 Å². The van der Waals surface area contributed by atoms with E-state index in [0.29, 0.717) is 18.5 Å². The Bertz CT molecular complexity index is 503. The maximum atomic E-state index is 11.6. The number of esters is 1. The summed E-state index contributed by atoms with van der Waals surface area (Å²) in [6.07, 6.45) is 0.529. The zero-order valence-electron chi connectivity index (χ0n) is 10.9. The first-order valence-electron chi connectivity index (χ1n) is 6.12. The number of carbonyl (C=O) groups excluding carboxylic acids is 1. The summed E-state index contributed by atoms with van der Waals surface area (Å²) in [7, 11) is 1.78. The second-order valence-corrected chi connectivity index (χ2v) is 4.80. The van der Waals surface area contributed by atoms with E-state index >= 15 is 0 Å². The van der Waals surface area contributed by atoms with Crippen molar-refractivity contribution in [3.05, 3.63) is 39.9 Å². The molecule has 1 aliphatic heterocycles. The highest BCUT2D eigenvalue weighted by Crippen LogP contribution is 2.24. The molecule has 0 aromatic heterocycles. The lowest BCUT2D eigenvalue weighted by Crippen LogP contribution is -2.34. The van der Waals surface area contributed by atoms with Crippen LogP contribution in [-0.4, -0.2) is 35.0 Å². The minimum Gasteiger partial charge on any atom is -0.461 e. The summed E-state index contributed by atoms with van der Waals surface area (Å²) in [5.74, 6) is -0.256. The van der Waals surface area contributed by atoms with Crippen LogP contribution in [0.15, 0.2) is 24.3 Å². The van der Waals surface area contributed by atoms with Gasteiger partial charge < -0.3 is 4.74 Å². The molecule has 1 aliphatic rings. The average Bonchev–Trinajstić information content (AvgIpc) is 2.69. The summed E-state index contributed by atoms with van der Waals surface area (Å²) in [5, 5.41) is 10.9. The highest BCUT2D eigenvalue weighted by atomic mass is 16.6. The molecule has 2 rings (SSSR count). The zero-order chi connectivity index (χ0) is 14.0. The second kappa shape index (κ2) is 5.36. The van der Waals surface area contributed by atoms with Crippen LogP contribution in [0.3, 0.4) is 0 Å². The van der Waals surface area contributed by atoms with Crippen molar-refractivity contribution in [1.82, 2.24) is 4.90 Å². The van der Waals surface area contributed by atoms with E-state index in [-0.39, 0.29) is 23.8 Å². The second-order valence-electron chi connectivity index (χ2n) is 4.80. The van der Waals surface area contributed by atoms with E-state index in [1.807, 2.05) is 6.92 Å². The molecule has 1 aromatic carbocycles. The van der Waals surface area contributed by atoms with Crippen molar-refractivity contribution >= 4 is 11.7 Å². The molecule has 1 aromatic rings. The lowest BCUT2D eigenvalue weighted by Gasteiger charge is -2.20.